The van der Waals surface area contributed by atoms with Gasteiger partial charge in [0.25, 0.3) is 0 Å². The van der Waals surface area contributed by atoms with Gasteiger partial charge in [0.1, 0.15) is 5.82 Å². The zero-order chi connectivity index (χ0) is 18.7. The van der Waals surface area contributed by atoms with Gasteiger partial charge in [-0.25, -0.2) is 12.8 Å². The zero-order valence-electron chi connectivity index (χ0n) is 14.2. The summed E-state index contributed by atoms with van der Waals surface area (Å²) in [5, 5.41) is -0.0160. The molecule has 142 valence electrons. The number of hydrogen-bond acceptors (Lipinski definition) is 4. The van der Waals surface area contributed by atoms with Gasteiger partial charge in [0.15, 0.2) is 9.84 Å². The van der Waals surface area contributed by atoms with Gasteiger partial charge in [0.2, 0.25) is 5.91 Å². The van der Waals surface area contributed by atoms with Crippen LogP contribution in [0.2, 0.25) is 5.02 Å². The van der Waals surface area contributed by atoms with E-state index in [0.717, 1.165) is 12.8 Å². The fraction of sp³-hybridized carbons (Fsp3) is 0.500. The SMILES string of the molecule is O=C(/C=C/c1ccc(F)c(Cl)c1)N(CC1CCCO1)C1CCS(=O)(=O)C1. The fourth-order valence-corrected chi connectivity index (χ4v) is 5.25. The standard InChI is InChI=1S/C18H21ClFNO4S/c19-16-10-13(3-5-17(16)20)4-6-18(22)21(11-15-2-1-8-25-15)14-7-9-26(23,24)12-14/h3-6,10,14-15H,1-2,7-9,11-12H2/b6-4+. The van der Waals surface area contributed by atoms with Crippen molar-refractivity contribution < 1.29 is 22.3 Å². The van der Waals surface area contributed by atoms with Crippen LogP contribution in [0.15, 0.2) is 24.3 Å². The van der Waals surface area contributed by atoms with Crippen molar-refractivity contribution in [2.75, 3.05) is 24.7 Å². The average molecular weight is 402 g/mol. The summed E-state index contributed by atoms with van der Waals surface area (Å²) in [6.45, 7) is 1.05. The van der Waals surface area contributed by atoms with Crippen molar-refractivity contribution in [3.05, 3.63) is 40.7 Å². The average Bonchev–Trinajstić information content (AvgIpc) is 3.22. The van der Waals surface area contributed by atoms with Crippen molar-refractivity contribution >= 4 is 33.4 Å². The Morgan fingerprint density at radius 3 is 2.81 bits per heavy atom. The zero-order valence-corrected chi connectivity index (χ0v) is 15.8. The minimum Gasteiger partial charge on any atom is -0.376 e. The molecule has 0 aliphatic carbocycles. The molecule has 0 spiro atoms. The highest BCUT2D eigenvalue weighted by molar-refractivity contribution is 7.91. The number of benzene rings is 1. The molecule has 0 N–H and O–H groups in total. The van der Waals surface area contributed by atoms with Crippen LogP contribution >= 0.6 is 11.6 Å². The summed E-state index contributed by atoms with van der Waals surface area (Å²) in [5.41, 5.74) is 0.598. The normalized spacial score (nSPS) is 25.0. The second-order valence-corrected chi connectivity index (χ2v) is 9.33. The van der Waals surface area contributed by atoms with Gasteiger partial charge in [-0.1, -0.05) is 17.7 Å². The molecule has 1 aromatic carbocycles. The maximum absolute atomic E-state index is 13.2. The van der Waals surface area contributed by atoms with Crippen LogP contribution in [0, 0.1) is 5.82 Å². The van der Waals surface area contributed by atoms with Crippen molar-refractivity contribution in [1.29, 1.82) is 0 Å². The molecule has 0 aromatic heterocycles. The Balaban J connectivity index is 1.74. The summed E-state index contributed by atoms with van der Waals surface area (Å²) in [5.74, 6) is -0.708. The van der Waals surface area contributed by atoms with E-state index in [1.165, 1.54) is 24.3 Å². The van der Waals surface area contributed by atoms with E-state index in [2.05, 4.69) is 0 Å². The molecule has 0 radical (unpaired) electrons. The van der Waals surface area contributed by atoms with Crippen molar-refractivity contribution in [3.63, 3.8) is 0 Å². The van der Waals surface area contributed by atoms with E-state index in [0.29, 0.717) is 25.1 Å². The van der Waals surface area contributed by atoms with Crippen LogP contribution in [0.1, 0.15) is 24.8 Å². The van der Waals surface area contributed by atoms with E-state index >= 15 is 0 Å². The quantitative estimate of drug-likeness (QED) is 0.711. The molecule has 2 saturated heterocycles. The highest BCUT2D eigenvalue weighted by atomic mass is 35.5. The van der Waals surface area contributed by atoms with Gasteiger partial charge >= 0.3 is 0 Å². The molecule has 2 unspecified atom stereocenters. The molecule has 1 amide bonds. The van der Waals surface area contributed by atoms with Crippen LogP contribution < -0.4 is 0 Å². The molecular formula is C18H21ClFNO4S. The Morgan fingerprint density at radius 2 is 2.19 bits per heavy atom. The number of carbonyl (C=O) groups excluding carboxylic acids is 1. The Bertz CT molecular complexity index is 805. The predicted octanol–water partition coefficient (Wildman–Crippen LogP) is 2.69. The van der Waals surface area contributed by atoms with E-state index < -0.39 is 15.7 Å². The number of ether oxygens (including phenoxy) is 1. The van der Waals surface area contributed by atoms with Crippen LogP contribution in [0.25, 0.3) is 6.08 Å². The van der Waals surface area contributed by atoms with Gasteiger partial charge in [0, 0.05) is 25.3 Å². The largest absolute Gasteiger partial charge is 0.376 e. The van der Waals surface area contributed by atoms with Gasteiger partial charge in [-0.3, -0.25) is 4.79 Å². The van der Waals surface area contributed by atoms with Crippen LogP contribution in [0.5, 0.6) is 0 Å². The van der Waals surface area contributed by atoms with Gasteiger partial charge in [-0.05, 0) is 43.0 Å². The fourth-order valence-electron chi connectivity index (χ4n) is 3.33. The third kappa shape index (κ3) is 4.84. The Labute approximate surface area is 157 Å². The summed E-state index contributed by atoms with van der Waals surface area (Å²) in [6, 6.07) is 3.86. The summed E-state index contributed by atoms with van der Waals surface area (Å²) < 4.78 is 42.5. The molecule has 8 heteroatoms. The first-order valence-electron chi connectivity index (χ1n) is 8.60. The Kier molecular flexibility index (Phi) is 5.99. The highest BCUT2D eigenvalue weighted by Gasteiger charge is 2.35. The van der Waals surface area contributed by atoms with Gasteiger partial charge in [-0.15, -0.1) is 0 Å². The molecule has 2 heterocycles. The smallest absolute Gasteiger partial charge is 0.246 e. The van der Waals surface area contributed by atoms with E-state index in [1.54, 1.807) is 11.0 Å². The minimum atomic E-state index is -3.10. The molecule has 1 aromatic rings. The molecule has 0 bridgehead atoms. The maximum atomic E-state index is 13.2. The number of amides is 1. The van der Waals surface area contributed by atoms with Crippen LogP contribution in [0.3, 0.4) is 0 Å². The van der Waals surface area contributed by atoms with Crippen LogP contribution in [0.4, 0.5) is 4.39 Å². The number of nitrogens with zero attached hydrogens (tertiary/aromatic N) is 1. The van der Waals surface area contributed by atoms with E-state index in [4.69, 9.17) is 16.3 Å². The topological polar surface area (TPSA) is 63.7 Å². The van der Waals surface area contributed by atoms with Gasteiger partial charge < -0.3 is 9.64 Å². The summed E-state index contributed by atoms with van der Waals surface area (Å²) >= 11 is 5.75. The van der Waals surface area contributed by atoms with Gasteiger partial charge in [-0.2, -0.15) is 0 Å². The van der Waals surface area contributed by atoms with Crippen LogP contribution in [-0.4, -0.2) is 56.0 Å². The Morgan fingerprint density at radius 1 is 1.38 bits per heavy atom. The molecule has 2 aliphatic rings. The lowest BCUT2D eigenvalue weighted by Gasteiger charge is -2.29. The number of sulfone groups is 1. The van der Waals surface area contributed by atoms with Crippen molar-refractivity contribution in [2.24, 2.45) is 0 Å². The maximum Gasteiger partial charge on any atom is 0.246 e. The first kappa shape index (κ1) is 19.3. The van der Waals surface area contributed by atoms with E-state index in [-0.39, 0.29) is 34.6 Å². The third-order valence-corrected chi connectivity index (χ3v) is 6.76. The number of carbonyl (C=O) groups is 1. The van der Waals surface area contributed by atoms with E-state index in [9.17, 15) is 17.6 Å². The molecule has 2 aliphatic heterocycles. The van der Waals surface area contributed by atoms with Gasteiger partial charge in [0.05, 0.1) is 22.6 Å². The number of rotatable bonds is 5. The second kappa shape index (κ2) is 8.06. The highest BCUT2D eigenvalue weighted by Crippen LogP contribution is 2.22. The van der Waals surface area contributed by atoms with Crippen molar-refractivity contribution in [3.8, 4) is 0 Å². The summed E-state index contributed by atoms with van der Waals surface area (Å²) in [6.07, 6.45) is 5.12. The monoisotopic (exact) mass is 401 g/mol. The predicted molar refractivity (Wildman–Crippen MR) is 98.2 cm³/mol. The summed E-state index contributed by atoms with van der Waals surface area (Å²) in [4.78, 5) is 14.3. The number of hydrogen-bond donors (Lipinski definition) is 0. The molecular weight excluding hydrogens is 381 g/mol. The molecule has 3 rings (SSSR count). The number of halogens is 2. The first-order chi connectivity index (χ1) is 12.3. The molecule has 5 nitrogen and oxygen atoms in total. The lowest BCUT2D eigenvalue weighted by Crippen LogP contribution is -2.44. The molecule has 2 fully saturated rings. The van der Waals surface area contributed by atoms with Crippen molar-refractivity contribution in [2.45, 2.75) is 31.4 Å². The minimum absolute atomic E-state index is 0.0122. The molecule has 0 saturated carbocycles. The Hall–Kier alpha value is -1.44. The molecule has 26 heavy (non-hydrogen) atoms. The summed E-state index contributed by atoms with van der Waals surface area (Å²) in [7, 11) is -3.10. The van der Waals surface area contributed by atoms with Crippen LogP contribution in [-0.2, 0) is 19.4 Å². The first-order valence-corrected chi connectivity index (χ1v) is 10.8. The third-order valence-electron chi connectivity index (χ3n) is 4.72. The lowest BCUT2D eigenvalue weighted by molar-refractivity contribution is -0.129. The second-order valence-electron chi connectivity index (χ2n) is 6.69. The molecule has 2 atom stereocenters. The van der Waals surface area contributed by atoms with E-state index in [1.807, 2.05) is 0 Å². The lowest BCUT2D eigenvalue weighted by atomic mass is 10.1. The van der Waals surface area contributed by atoms with Crippen molar-refractivity contribution in [1.82, 2.24) is 4.90 Å².